The van der Waals surface area contributed by atoms with Crippen LogP contribution in [0.25, 0.3) is 10.8 Å². The normalized spacial score (nSPS) is 10.4. The highest BCUT2D eigenvalue weighted by atomic mass is 16.7. The van der Waals surface area contributed by atoms with Crippen LogP contribution in [-0.2, 0) is 0 Å². The molecule has 1 aromatic heterocycles. The van der Waals surface area contributed by atoms with Crippen molar-refractivity contribution in [1.82, 2.24) is 4.73 Å². The van der Waals surface area contributed by atoms with Gasteiger partial charge in [0.2, 0.25) is 0 Å². The van der Waals surface area contributed by atoms with E-state index in [9.17, 15) is 9.59 Å². The van der Waals surface area contributed by atoms with E-state index in [2.05, 4.69) is 0 Å². The van der Waals surface area contributed by atoms with Crippen LogP contribution in [0.15, 0.2) is 71.7 Å². The molecule has 4 heteroatoms. The van der Waals surface area contributed by atoms with Gasteiger partial charge in [-0.25, -0.2) is 4.79 Å². The van der Waals surface area contributed by atoms with Crippen LogP contribution in [0, 0.1) is 0 Å². The molecule has 0 bridgehead atoms. The molecule has 0 aliphatic carbocycles. The van der Waals surface area contributed by atoms with Crippen LogP contribution in [-0.4, -0.2) is 10.7 Å². The van der Waals surface area contributed by atoms with Crippen molar-refractivity contribution in [2.45, 2.75) is 0 Å². The fraction of sp³-hybridized carbons (Fsp3) is 0. The number of carbonyl (C=O) groups excluding carboxylic acids is 1. The quantitative estimate of drug-likeness (QED) is 0.714. The number of fused-ring (bicyclic) bond motifs is 1. The molecule has 20 heavy (non-hydrogen) atoms. The molecule has 0 unspecified atom stereocenters. The number of rotatable bonds is 2. The molecule has 0 aliphatic rings. The molecule has 98 valence electrons. The number of hydrogen-bond donors (Lipinski definition) is 0. The largest absolute Gasteiger partial charge is 0.364 e. The van der Waals surface area contributed by atoms with Gasteiger partial charge >= 0.3 is 5.97 Å². The number of pyridine rings is 1. The second-order valence-electron chi connectivity index (χ2n) is 4.27. The molecule has 0 atom stereocenters. The maximum atomic E-state index is 12.2. The number of hydrogen-bond acceptors (Lipinski definition) is 3. The Balaban J connectivity index is 2.02. The molecule has 0 N–H and O–H groups in total. The monoisotopic (exact) mass is 265 g/mol. The summed E-state index contributed by atoms with van der Waals surface area (Å²) in [6.07, 6.45) is 1.41. The van der Waals surface area contributed by atoms with Crippen molar-refractivity contribution in [1.29, 1.82) is 0 Å². The van der Waals surface area contributed by atoms with Crippen molar-refractivity contribution >= 4 is 16.7 Å². The van der Waals surface area contributed by atoms with E-state index in [0.717, 1.165) is 15.5 Å². The summed E-state index contributed by atoms with van der Waals surface area (Å²) in [6.45, 7) is 0. The standard InChI is InChI=1S/C16H11NO3/c18-15-10-3-4-11-17(15)20-16(19)14-9-5-7-12-6-1-2-8-13(12)14/h1-11H. The molecule has 3 aromatic rings. The summed E-state index contributed by atoms with van der Waals surface area (Å²) in [6, 6.07) is 17.4. The van der Waals surface area contributed by atoms with Gasteiger partial charge in [-0.3, -0.25) is 4.79 Å². The molecular formula is C16H11NO3. The van der Waals surface area contributed by atoms with Gasteiger partial charge in [0.1, 0.15) is 0 Å². The molecule has 4 nitrogen and oxygen atoms in total. The Morgan fingerprint density at radius 1 is 0.900 bits per heavy atom. The highest BCUT2D eigenvalue weighted by molar-refractivity contribution is 6.04. The van der Waals surface area contributed by atoms with Gasteiger partial charge in [0.05, 0.1) is 5.56 Å². The zero-order chi connectivity index (χ0) is 13.9. The van der Waals surface area contributed by atoms with E-state index in [1.165, 1.54) is 12.3 Å². The third-order valence-corrected chi connectivity index (χ3v) is 2.98. The summed E-state index contributed by atoms with van der Waals surface area (Å²) in [4.78, 5) is 28.8. The number of benzene rings is 2. The van der Waals surface area contributed by atoms with Gasteiger partial charge in [-0.2, -0.15) is 0 Å². The van der Waals surface area contributed by atoms with Crippen molar-refractivity contribution < 1.29 is 9.63 Å². The lowest BCUT2D eigenvalue weighted by Crippen LogP contribution is -2.29. The first-order valence-electron chi connectivity index (χ1n) is 6.14. The smallest absolute Gasteiger partial charge is 0.328 e. The van der Waals surface area contributed by atoms with Crippen LogP contribution in [0.2, 0.25) is 0 Å². The summed E-state index contributed by atoms with van der Waals surface area (Å²) < 4.78 is 0.921. The second kappa shape index (κ2) is 5.01. The molecule has 0 saturated carbocycles. The highest BCUT2D eigenvalue weighted by Crippen LogP contribution is 2.18. The van der Waals surface area contributed by atoms with Crippen molar-refractivity contribution in [3.63, 3.8) is 0 Å². The first kappa shape index (κ1) is 12.2. The van der Waals surface area contributed by atoms with Gasteiger partial charge in [0, 0.05) is 12.3 Å². The molecule has 3 rings (SSSR count). The van der Waals surface area contributed by atoms with Gasteiger partial charge in [-0.1, -0.05) is 42.5 Å². The van der Waals surface area contributed by atoms with E-state index in [0.29, 0.717) is 5.56 Å². The lowest BCUT2D eigenvalue weighted by Gasteiger charge is -2.07. The third kappa shape index (κ3) is 2.19. The van der Waals surface area contributed by atoms with Gasteiger partial charge in [0.25, 0.3) is 5.56 Å². The Kier molecular flexibility index (Phi) is 3.05. The zero-order valence-electron chi connectivity index (χ0n) is 10.5. The molecular weight excluding hydrogens is 254 g/mol. The molecule has 2 aromatic carbocycles. The molecule has 0 saturated heterocycles. The average Bonchev–Trinajstić information content (AvgIpc) is 2.49. The van der Waals surface area contributed by atoms with E-state index >= 15 is 0 Å². The maximum Gasteiger partial charge on any atom is 0.364 e. The van der Waals surface area contributed by atoms with Gasteiger partial charge in [-0.05, 0) is 22.9 Å². The van der Waals surface area contributed by atoms with Crippen LogP contribution in [0.5, 0.6) is 0 Å². The highest BCUT2D eigenvalue weighted by Gasteiger charge is 2.12. The summed E-state index contributed by atoms with van der Waals surface area (Å²) >= 11 is 0. The Bertz CT molecular complexity index is 831. The van der Waals surface area contributed by atoms with E-state index in [4.69, 9.17) is 4.84 Å². The van der Waals surface area contributed by atoms with E-state index in [1.54, 1.807) is 24.3 Å². The SMILES string of the molecule is O=C(On1ccccc1=O)c1cccc2ccccc12. The third-order valence-electron chi connectivity index (χ3n) is 2.98. The second-order valence-corrected chi connectivity index (χ2v) is 4.27. The molecule has 0 spiro atoms. The molecule has 0 aliphatic heterocycles. The Hall–Kier alpha value is -2.88. The Morgan fingerprint density at radius 3 is 2.50 bits per heavy atom. The minimum atomic E-state index is -0.560. The van der Waals surface area contributed by atoms with Crippen LogP contribution in [0.1, 0.15) is 10.4 Å². The van der Waals surface area contributed by atoms with E-state index in [-0.39, 0.29) is 5.56 Å². The Morgan fingerprint density at radius 2 is 1.65 bits per heavy atom. The zero-order valence-corrected chi connectivity index (χ0v) is 10.5. The summed E-state index contributed by atoms with van der Waals surface area (Å²) in [5.74, 6) is -0.560. The van der Waals surface area contributed by atoms with Crippen LogP contribution >= 0.6 is 0 Å². The van der Waals surface area contributed by atoms with E-state index < -0.39 is 5.97 Å². The van der Waals surface area contributed by atoms with Crippen molar-refractivity contribution in [3.8, 4) is 0 Å². The van der Waals surface area contributed by atoms with Gasteiger partial charge < -0.3 is 4.84 Å². The minimum Gasteiger partial charge on any atom is -0.328 e. The fourth-order valence-electron chi connectivity index (χ4n) is 2.03. The lowest BCUT2D eigenvalue weighted by atomic mass is 10.1. The topological polar surface area (TPSA) is 48.3 Å². The van der Waals surface area contributed by atoms with Crippen molar-refractivity contribution in [2.24, 2.45) is 0 Å². The maximum absolute atomic E-state index is 12.2. The summed E-state index contributed by atoms with van der Waals surface area (Å²) in [7, 11) is 0. The summed E-state index contributed by atoms with van der Waals surface area (Å²) in [5.41, 5.74) is 0.0416. The number of aromatic nitrogens is 1. The van der Waals surface area contributed by atoms with Crippen molar-refractivity contribution in [3.05, 3.63) is 82.8 Å². The average molecular weight is 265 g/mol. The van der Waals surface area contributed by atoms with Crippen LogP contribution < -0.4 is 10.4 Å². The van der Waals surface area contributed by atoms with Crippen molar-refractivity contribution in [2.75, 3.05) is 0 Å². The molecule has 1 heterocycles. The first-order chi connectivity index (χ1) is 9.75. The van der Waals surface area contributed by atoms with Crippen LogP contribution in [0.4, 0.5) is 0 Å². The molecule has 0 amide bonds. The number of carbonyl (C=O) groups is 1. The molecule has 0 radical (unpaired) electrons. The van der Waals surface area contributed by atoms with Crippen LogP contribution in [0.3, 0.4) is 0 Å². The number of nitrogens with zero attached hydrogens (tertiary/aromatic N) is 1. The predicted octanol–water partition coefficient (Wildman–Crippen LogP) is 2.27. The first-order valence-corrected chi connectivity index (χ1v) is 6.14. The molecule has 0 fully saturated rings. The Labute approximate surface area is 114 Å². The predicted molar refractivity (Wildman–Crippen MR) is 75.6 cm³/mol. The lowest BCUT2D eigenvalue weighted by molar-refractivity contribution is 0.0445. The summed E-state index contributed by atoms with van der Waals surface area (Å²) in [5, 5.41) is 1.74. The fourth-order valence-corrected chi connectivity index (χ4v) is 2.03. The minimum absolute atomic E-state index is 0.388. The van der Waals surface area contributed by atoms with Gasteiger partial charge in [0.15, 0.2) is 0 Å². The van der Waals surface area contributed by atoms with Gasteiger partial charge in [-0.15, -0.1) is 4.73 Å². The van der Waals surface area contributed by atoms with E-state index in [1.807, 2.05) is 30.3 Å².